The zero-order valence-electron chi connectivity index (χ0n) is 16.8. The van der Waals surface area contributed by atoms with Gasteiger partial charge in [-0.3, -0.25) is 14.8 Å². The summed E-state index contributed by atoms with van der Waals surface area (Å²) in [5.74, 6) is -0.177. The second-order valence-electron chi connectivity index (χ2n) is 8.81. The number of likely N-dealkylation sites (tertiary alicyclic amines) is 1. The Morgan fingerprint density at radius 1 is 1.26 bits per heavy atom. The van der Waals surface area contributed by atoms with E-state index >= 15 is 0 Å². The fraction of sp³-hybridized carbons (Fsp3) is 0.636. The highest BCUT2D eigenvalue weighted by Crippen LogP contribution is 2.34. The minimum absolute atomic E-state index is 0.189. The van der Waals surface area contributed by atoms with Crippen LogP contribution in [0.1, 0.15) is 56.7 Å². The Bertz CT molecular complexity index is 706. The number of amides is 1. The number of ketones is 1. The normalized spacial score (nSPS) is 22.3. The Kier molecular flexibility index (Phi) is 6.02. The molecule has 1 atom stereocenters. The molecule has 5 heteroatoms. The Morgan fingerprint density at radius 2 is 1.96 bits per heavy atom. The van der Waals surface area contributed by atoms with E-state index in [1.54, 1.807) is 5.48 Å². The van der Waals surface area contributed by atoms with Crippen LogP contribution in [-0.4, -0.2) is 40.9 Å². The molecule has 0 bridgehead atoms. The SMILES string of the molecule is CC(C)N1CCC(C)(C(=O)Cc2ccc3c(c2)CC(C(=O)NO)CC3)CC1. The third-order valence-corrected chi connectivity index (χ3v) is 6.65. The van der Waals surface area contributed by atoms with E-state index in [2.05, 4.69) is 43.9 Å². The molecule has 1 aliphatic carbocycles. The number of Topliss-reactive ketones (excluding diaryl/α,β-unsaturated/α-hetero) is 1. The average molecular weight is 373 g/mol. The summed E-state index contributed by atoms with van der Waals surface area (Å²) in [5, 5.41) is 8.89. The maximum absolute atomic E-state index is 13.0. The number of nitrogens with zero attached hydrogens (tertiary/aromatic N) is 1. The molecule has 3 rings (SSSR count). The zero-order valence-corrected chi connectivity index (χ0v) is 16.8. The van der Waals surface area contributed by atoms with Crippen molar-refractivity contribution in [2.45, 2.75) is 65.3 Å². The van der Waals surface area contributed by atoms with Crippen molar-refractivity contribution in [3.8, 4) is 0 Å². The van der Waals surface area contributed by atoms with Gasteiger partial charge in [0.25, 0.3) is 0 Å². The number of hydrogen-bond acceptors (Lipinski definition) is 4. The van der Waals surface area contributed by atoms with Crippen LogP contribution >= 0.6 is 0 Å². The fourth-order valence-corrected chi connectivity index (χ4v) is 4.45. The average Bonchev–Trinajstić information content (AvgIpc) is 2.67. The molecule has 1 aliphatic heterocycles. The molecule has 1 amide bonds. The topological polar surface area (TPSA) is 69.6 Å². The molecule has 1 aromatic carbocycles. The van der Waals surface area contributed by atoms with Crippen LogP contribution in [0.15, 0.2) is 18.2 Å². The fourth-order valence-electron chi connectivity index (χ4n) is 4.45. The van der Waals surface area contributed by atoms with Crippen molar-refractivity contribution >= 4 is 11.7 Å². The molecule has 2 N–H and O–H groups in total. The first-order valence-corrected chi connectivity index (χ1v) is 10.1. The third-order valence-electron chi connectivity index (χ3n) is 6.65. The summed E-state index contributed by atoms with van der Waals surface area (Å²) < 4.78 is 0. The van der Waals surface area contributed by atoms with Crippen molar-refractivity contribution in [3.63, 3.8) is 0 Å². The summed E-state index contributed by atoms with van der Waals surface area (Å²) in [4.78, 5) is 27.2. The largest absolute Gasteiger partial charge is 0.301 e. The van der Waals surface area contributed by atoms with Crippen molar-refractivity contribution in [2.75, 3.05) is 13.1 Å². The predicted octanol–water partition coefficient (Wildman–Crippen LogP) is 2.92. The maximum atomic E-state index is 13.0. The number of fused-ring (bicyclic) bond motifs is 1. The van der Waals surface area contributed by atoms with Crippen molar-refractivity contribution < 1.29 is 14.8 Å². The molecule has 148 valence electrons. The molecule has 1 aromatic rings. The minimum Gasteiger partial charge on any atom is -0.301 e. The summed E-state index contributed by atoms with van der Waals surface area (Å²) in [7, 11) is 0. The van der Waals surface area contributed by atoms with Gasteiger partial charge in [-0.1, -0.05) is 25.1 Å². The number of nitrogens with one attached hydrogen (secondary N) is 1. The van der Waals surface area contributed by atoms with Gasteiger partial charge >= 0.3 is 0 Å². The molecule has 27 heavy (non-hydrogen) atoms. The Morgan fingerprint density at radius 3 is 2.59 bits per heavy atom. The van der Waals surface area contributed by atoms with E-state index in [0.717, 1.165) is 49.9 Å². The molecule has 0 radical (unpaired) electrons. The summed E-state index contributed by atoms with van der Waals surface area (Å²) in [6, 6.07) is 6.80. The molecule has 2 aliphatic rings. The van der Waals surface area contributed by atoms with E-state index in [0.29, 0.717) is 24.7 Å². The van der Waals surface area contributed by atoms with Crippen LogP contribution in [0.25, 0.3) is 0 Å². The van der Waals surface area contributed by atoms with Gasteiger partial charge in [-0.25, -0.2) is 5.48 Å². The number of carbonyl (C=O) groups is 2. The Balaban J connectivity index is 1.66. The summed E-state index contributed by atoms with van der Waals surface area (Å²) in [5.41, 5.74) is 4.97. The molecule has 1 saturated heterocycles. The number of piperidine rings is 1. The predicted molar refractivity (Wildman–Crippen MR) is 105 cm³/mol. The van der Waals surface area contributed by atoms with E-state index < -0.39 is 0 Å². The molecular weight excluding hydrogens is 340 g/mol. The van der Waals surface area contributed by atoms with Crippen molar-refractivity contribution in [3.05, 3.63) is 34.9 Å². The van der Waals surface area contributed by atoms with Crippen LogP contribution in [0.2, 0.25) is 0 Å². The lowest BCUT2D eigenvalue weighted by atomic mass is 9.74. The molecule has 1 fully saturated rings. The molecule has 0 saturated carbocycles. The lowest BCUT2D eigenvalue weighted by Crippen LogP contribution is -2.45. The quantitative estimate of drug-likeness (QED) is 0.616. The van der Waals surface area contributed by atoms with E-state index in [1.165, 1.54) is 5.56 Å². The van der Waals surface area contributed by atoms with Gasteiger partial charge in [-0.15, -0.1) is 0 Å². The van der Waals surface area contributed by atoms with Crippen LogP contribution in [0.4, 0.5) is 0 Å². The van der Waals surface area contributed by atoms with Gasteiger partial charge in [0, 0.05) is 23.8 Å². The van der Waals surface area contributed by atoms with Crippen molar-refractivity contribution in [2.24, 2.45) is 11.3 Å². The van der Waals surface area contributed by atoms with Gasteiger partial charge in [0.15, 0.2) is 0 Å². The standard InChI is InChI=1S/C22H32N2O3/c1-15(2)24-10-8-22(3,9-11-24)20(25)13-16-4-5-17-6-7-18(21(26)23-27)14-19(17)12-16/h4-5,12,15,18,27H,6-11,13-14H2,1-3H3,(H,23,26). The number of benzene rings is 1. The number of aryl methyl sites for hydroxylation is 1. The van der Waals surface area contributed by atoms with Crippen molar-refractivity contribution in [1.82, 2.24) is 10.4 Å². The summed E-state index contributed by atoms with van der Waals surface area (Å²) >= 11 is 0. The maximum Gasteiger partial charge on any atom is 0.246 e. The van der Waals surface area contributed by atoms with Crippen LogP contribution in [0, 0.1) is 11.3 Å². The molecule has 1 heterocycles. The van der Waals surface area contributed by atoms with Gasteiger partial charge in [-0.05, 0) is 75.7 Å². The molecule has 1 unspecified atom stereocenters. The van der Waals surface area contributed by atoms with Crippen molar-refractivity contribution in [1.29, 1.82) is 0 Å². The van der Waals surface area contributed by atoms with Crippen LogP contribution < -0.4 is 5.48 Å². The third kappa shape index (κ3) is 4.41. The number of rotatable bonds is 5. The smallest absolute Gasteiger partial charge is 0.246 e. The second-order valence-corrected chi connectivity index (χ2v) is 8.81. The highest BCUT2D eigenvalue weighted by molar-refractivity contribution is 5.86. The highest BCUT2D eigenvalue weighted by Gasteiger charge is 2.37. The minimum atomic E-state index is -0.313. The number of carbonyl (C=O) groups excluding carboxylic acids is 2. The van der Waals surface area contributed by atoms with E-state index in [9.17, 15) is 9.59 Å². The zero-order chi connectivity index (χ0) is 19.6. The van der Waals surface area contributed by atoms with E-state index in [1.807, 2.05) is 0 Å². The number of hydroxylamine groups is 1. The van der Waals surface area contributed by atoms with E-state index in [4.69, 9.17) is 5.21 Å². The van der Waals surface area contributed by atoms with Crippen LogP contribution in [-0.2, 0) is 28.9 Å². The first-order valence-electron chi connectivity index (χ1n) is 10.1. The van der Waals surface area contributed by atoms with Gasteiger partial charge < -0.3 is 4.90 Å². The molecule has 5 nitrogen and oxygen atoms in total. The Labute approximate surface area is 162 Å². The lowest BCUT2D eigenvalue weighted by Gasteiger charge is -2.40. The first-order chi connectivity index (χ1) is 12.8. The molecule has 0 aromatic heterocycles. The summed E-state index contributed by atoms with van der Waals surface area (Å²) in [6.07, 6.45) is 4.53. The Hall–Kier alpha value is -1.72. The molecular formula is C22H32N2O3. The van der Waals surface area contributed by atoms with Gasteiger partial charge in [0.2, 0.25) is 5.91 Å². The molecule has 0 spiro atoms. The van der Waals surface area contributed by atoms with Gasteiger partial charge in [0.05, 0.1) is 0 Å². The van der Waals surface area contributed by atoms with Crippen LogP contribution in [0.3, 0.4) is 0 Å². The monoisotopic (exact) mass is 372 g/mol. The van der Waals surface area contributed by atoms with Crippen LogP contribution in [0.5, 0.6) is 0 Å². The van der Waals surface area contributed by atoms with Gasteiger partial charge in [0.1, 0.15) is 5.78 Å². The van der Waals surface area contributed by atoms with E-state index in [-0.39, 0.29) is 17.2 Å². The van der Waals surface area contributed by atoms with Gasteiger partial charge in [-0.2, -0.15) is 0 Å². The lowest BCUT2D eigenvalue weighted by molar-refractivity contribution is -0.133. The highest BCUT2D eigenvalue weighted by atomic mass is 16.5. The summed E-state index contributed by atoms with van der Waals surface area (Å²) in [6.45, 7) is 8.51. The second kappa shape index (κ2) is 8.11. The number of hydrogen-bond donors (Lipinski definition) is 2. The first kappa shape index (κ1) is 20.0.